The fraction of sp³-hybridized carbons (Fsp3) is 0.909. The van der Waals surface area contributed by atoms with E-state index in [4.69, 9.17) is 5.73 Å². The summed E-state index contributed by atoms with van der Waals surface area (Å²) in [5.74, 6) is 0.304. The summed E-state index contributed by atoms with van der Waals surface area (Å²) in [6.45, 7) is 7.92. The van der Waals surface area contributed by atoms with Crippen molar-refractivity contribution < 1.29 is 4.79 Å². The highest BCUT2D eigenvalue weighted by atomic mass is 16.2. The highest BCUT2D eigenvalue weighted by Gasteiger charge is 2.48. The third-order valence-electron chi connectivity index (χ3n) is 3.67. The van der Waals surface area contributed by atoms with Crippen LogP contribution in [0.15, 0.2) is 0 Å². The molecule has 2 aliphatic heterocycles. The van der Waals surface area contributed by atoms with Crippen molar-refractivity contribution in [3.63, 3.8) is 0 Å². The van der Waals surface area contributed by atoms with Gasteiger partial charge in [-0.3, -0.25) is 4.79 Å². The van der Waals surface area contributed by atoms with Crippen molar-refractivity contribution in [2.45, 2.75) is 19.8 Å². The van der Waals surface area contributed by atoms with Crippen LogP contribution < -0.4 is 5.73 Å². The maximum atomic E-state index is 11.4. The van der Waals surface area contributed by atoms with Gasteiger partial charge < -0.3 is 15.5 Å². The Labute approximate surface area is 91.4 Å². The van der Waals surface area contributed by atoms with Gasteiger partial charge in [-0.05, 0) is 13.0 Å². The van der Waals surface area contributed by atoms with E-state index in [-0.39, 0.29) is 0 Å². The molecule has 2 aliphatic rings. The molecular formula is C11H21N3O. The average molecular weight is 211 g/mol. The van der Waals surface area contributed by atoms with E-state index in [1.807, 2.05) is 11.8 Å². The molecule has 0 aromatic rings. The number of likely N-dealkylation sites (tertiary alicyclic amines) is 2. The van der Waals surface area contributed by atoms with Gasteiger partial charge >= 0.3 is 0 Å². The van der Waals surface area contributed by atoms with Crippen LogP contribution in [0.25, 0.3) is 0 Å². The van der Waals surface area contributed by atoms with Gasteiger partial charge in [0.1, 0.15) is 0 Å². The Hall–Kier alpha value is -0.610. The van der Waals surface area contributed by atoms with E-state index in [1.54, 1.807) is 0 Å². The van der Waals surface area contributed by atoms with Crippen molar-refractivity contribution in [3.05, 3.63) is 0 Å². The molecule has 4 heteroatoms. The number of amides is 1. The summed E-state index contributed by atoms with van der Waals surface area (Å²) < 4.78 is 0. The average Bonchev–Trinajstić information content (AvgIpc) is 2.59. The molecule has 86 valence electrons. The molecule has 1 spiro atoms. The predicted octanol–water partition coefficient (Wildman–Crippen LogP) is -0.111. The van der Waals surface area contributed by atoms with Crippen LogP contribution in [0.1, 0.15) is 19.8 Å². The molecule has 4 nitrogen and oxygen atoms in total. The molecule has 2 fully saturated rings. The van der Waals surface area contributed by atoms with Gasteiger partial charge in [-0.2, -0.15) is 0 Å². The Bertz CT molecular complexity index is 248. The molecule has 0 aliphatic carbocycles. The normalized spacial score (nSPS) is 24.5. The monoisotopic (exact) mass is 211 g/mol. The summed E-state index contributed by atoms with van der Waals surface area (Å²) in [6, 6.07) is 0. The van der Waals surface area contributed by atoms with E-state index in [9.17, 15) is 4.79 Å². The molecule has 15 heavy (non-hydrogen) atoms. The zero-order valence-electron chi connectivity index (χ0n) is 9.54. The van der Waals surface area contributed by atoms with Crippen molar-refractivity contribution >= 4 is 5.91 Å². The molecule has 0 unspecified atom stereocenters. The van der Waals surface area contributed by atoms with Gasteiger partial charge in [-0.1, -0.05) is 6.92 Å². The van der Waals surface area contributed by atoms with Gasteiger partial charge in [-0.15, -0.1) is 0 Å². The minimum atomic E-state index is 0.304. The van der Waals surface area contributed by atoms with Crippen LogP contribution in [0.5, 0.6) is 0 Å². The molecule has 0 bridgehead atoms. The number of nitrogens with zero attached hydrogens (tertiary/aromatic N) is 2. The standard InChI is InChI=1S/C11H21N3O/c1-2-10(15)14-8-11(9-14)3-5-13(7-11)6-4-12/h2-9,12H2,1H3. The van der Waals surface area contributed by atoms with Gasteiger partial charge in [-0.25, -0.2) is 0 Å². The molecule has 1 amide bonds. The van der Waals surface area contributed by atoms with Crippen molar-refractivity contribution in [1.82, 2.24) is 9.80 Å². The number of rotatable bonds is 3. The lowest BCUT2D eigenvalue weighted by molar-refractivity contribution is -0.142. The van der Waals surface area contributed by atoms with Crippen molar-refractivity contribution in [1.29, 1.82) is 0 Å². The Morgan fingerprint density at radius 3 is 2.73 bits per heavy atom. The summed E-state index contributed by atoms with van der Waals surface area (Å²) in [5.41, 5.74) is 5.96. The fourth-order valence-corrected chi connectivity index (χ4v) is 2.82. The lowest BCUT2D eigenvalue weighted by atomic mass is 9.79. The van der Waals surface area contributed by atoms with Crippen molar-refractivity contribution in [2.75, 3.05) is 39.3 Å². The summed E-state index contributed by atoms with van der Waals surface area (Å²) in [6.07, 6.45) is 1.88. The summed E-state index contributed by atoms with van der Waals surface area (Å²) >= 11 is 0. The number of carbonyl (C=O) groups excluding carboxylic acids is 1. The predicted molar refractivity (Wildman–Crippen MR) is 59.4 cm³/mol. The van der Waals surface area contributed by atoms with E-state index >= 15 is 0 Å². The van der Waals surface area contributed by atoms with E-state index in [0.717, 1.165) is 39.3 Å². The first kappa shape index (κ1) is 10.9. The number of hydrogen-bond donors (Lipinski definition) is 1. The first-order valence-electron chi connectivity index (χ1n) is 5.89. The Morgan fingerprint density at radius 2 is 2.13 bits per heavy atom. The lowest BCUT2D eigenvalue weighted by Gasteiger charge is -2.48. The Kier molecular flexibility index (Phi) is 2.98. The van der Waals surface area contributed by atoms with Crippen LogP contribution in [0.4, 0.5) is 0 Å². The lowest BCUT2D eigenvalue weighted by Crippen LogP contribution is -2.59. The number of nitrogens with two attached hydrogens (primary N) is 1. The summed E-state index contributed by atoms with van der Waals surface area (Å²) in [5, 5.41) is 0. The maximum Gasteiger partial charge on any atom is 0.222 e. The topological polar surface area (TPSA) is 49.6 Å². The Balaban J connectivity index is 1.80. The highest BCUT2D eigenvalue weighted by Crippen LogP contribution is 2.39. The zero-order valence-corrected chi connectivity index (χ0v) is 9.54. The molecule has 2 saturated heterocycles. The van der Waals surface area contributed by atoms with Gasteiger partial charge in [0, 0.05) is 44.6 Å². The Morgan fingerprint density at radius 1 is 1.40 bits per heavy atom. The largest absolute Gasteiger partial charge is 0.341 e. The molecule has 0 radical (unpaired) electrons. The highest BCUT2D eigenvalue weighted by molar-refractivity contribution is 5.76. The van der Waals surface area contributed by atoms with Crippen LogP contribution in [0.3, 0.4) is 0 Å². The van der Waals surface area contributed by atoms with E-state index < -0.39 is 0 Å². The third kappa shape index (κ3) is 2.01. The molecular weight excluding hydrogens is 190 g/mol. The van der Waals surface area contributed by atoms with E-state index in [2.05, 4.69) is 4.90 Å². The van der Waals surface area contributed by atoms with E-state index in [1.165, 1.54) is 6.42 Å². The number of hydrogen-bond acceptors (Lipinski definition) is 3. The molecule has 2 heterocycles. The van der Waals surface area contributed by atoms with Gasteiger partial charge in [0.15, 0.2) is 0 Å². The van der Waals surface area contributed by atoms with Crippen molar-refractivity contribution in [3.8, 4) is 0 Å². The minimum absolute atomic E-state index is 0.304. The minimum Gasteiger partial charge on any atom is -0.341 e. The second-order valence-corrected chi connectivity index (χ2v) is 4.92. The van der Waals surface area contributed by atoms with Crippen LogP contribution in [0, 0.1) is 5.41 Å². The van der Waals surface area contributed by atoms with Crippen LogP contribution in [0.2, 0.25) is 0 Å². The van der Waals surface area contributed by atoms with Crippen LogP contribution in [-0.4, -0.2) is 55.0 Å². The molecule has 0 aromatic heterocycles. The molecule has 2 rings (SSSR count). The quantitative estimate of drug-likeness (QED) is 0.708. The maximum absolute atomic E-state index is 11.4. The molecule has 2 N–H and O–H groups in total. The van der Waals surface area contributed by atoms with E-state index in [0.29, 0.717) is 17.7 Å². The number of carbonyl (C=O) groups is 1. The van der Waals surface area contributed by atoms with Crippen molar-refractivity contribution in [2.24, 2.45) is 11.1 Å². The second kappa shape index (κ2) is 4.10. The molecule has 0 aromatic carbocycles. The molecule has 0 saturated carbocycles. The SMILES string of the molecule is CCC(=O)N1CC2(CCN(CCN)C2)C1. The first-order valence-corrected chi connectivity index (χ1v) is 5.89. The van der Waals surface area contributed by atoms with Gasteiger partial charge in [0.25, 0.3) is 0 Å². The van der Waals surface area contributed by atoms with Crippen LogP contribution >= 0.6 is 0 Å². The van der Waals surface area contributed by atoms with Crippen LogP contribution in [-0.2, 0) is 4.79 Å². The molecule has 0 atom stereocenters. The first-order chi connectivity index (χ1) is 7.19. The second-order valence-electron chi connectivity index (χ2n) is 4.92. The van der Waals surface area contributed by atoms with Gasteiger partial charge in [0.2, 0.25) is 5.91 Å². The summed E-state index contributed by atoms with van der Waals surface area (Å²) in [7, 11) is 0. The summed E-state index contributed by atoms with van der Waals surface area (Å²) in [4.78, 5) is 15.9. The fourth-order valence-electron chi connectivity index (χ4n) is 2.82. The zero-order chi connectivity index (χ0) is 10.9. The smallest absolute Gasteiger partial charge is 0.222 e. The van der Waals surface area contributed by atoms with Gasteiger partial charge in [0.05, 0.1) is 0 Å². The third-order valence-corrected chi connectivity index (χ3v) is 3.67.